The summed E-state index contributed by atoms with van der Waals surface area (Å²) in [6, 6.07) is 0. The molecule has 0 aliphatic heterocycles. The first kappa shape index (κ1) is 27.8. The van der Waals surface area contributed by atoms with E-state index in [1.54, 1.807) is 0 Å². The molecule has 28 heavy (non-hydrogen) atoms. The molecule has 2 rings (SSSR count). The summed E-state index contributed by atoms with van der Waals surface area (Å²) in [6.07, 6.45) is 8.77. The van der Waals surface area contributed by atoms with Gasteiger partial charge in [-0.2, -0.15) is 0 Å². The van der Waals surface area contributed by atoms with Crippen molar-refractivity contribution in [1.29, 1.82) is 0 Å². The number of carboxylic acid groups (broad SMARTS) is 3. The number of methoxy groups -OCH3 is 1. The highest BCUT2D eigenvalue weighted by Gasteiger charge is 2.35. The molecule has 5 N–H and O–H groups in total. The van der Waals surface area contributed by atoms with Crippen LogP contribution in [0, 0.1) is 5.41 Å². The van der Waals surface area contributed by atoms with Gasteiger partial charge < -0.3 is 25.8 Å². The van der Waals surface area contributed by atoms with Crippen molar-refractivity contribution in [2.45, 2.75) is 51.0 Å². The molecule has 9 nitrogen and oxygen atoms in total. The maximum absolute atomic E-state index is 10.8. The fourth-order valence-corrected chi connectivity index (χ4v) is 2.58. The molecule has 0 aromatic rings. The lowest BCUT2D eigenvalue weighted by Gasteiger charge is -2.28. The van der Waals surface area contributed by atoms with E-state index in [4.69, 9.17) is 25.8 Å². The summed E-state index contributed by atoms with van der Waals surface area (Å²) in [6.45, 7) is 1.88. The lowest BCUT2D eigenvalue weighted by molar-refractivity contribution is -0.146. The van der Waals surface area contributed by atoms with Crippen LogP contribution in [0.15, 0.2) is 23.8 Å². The van der Waals surface area contributed by atoms with Gasteiger partial charge in [-0.15, -0.1) is 12.4 Å². The van der Waals surface area contributed by atoms with Crippen molar-refractivity contribution in [3.63, 3.8) is 0 Å². The second-order valence-electron chi connectivity index (χ2n) is 6.61. The van der Waals surface area contributed by atoms with Crippen molar-refractivity contribution in [2.75, 3.05) is 7.11 Å². The number of halogens is 1. The maximum Gasteiger partial charge on any atom is 0.331 e. The first-order valence-electron chi connectivity index (χ1n) is 8.36. The topological polar surface area (TPSA) is 164 Å². The van der Waals surface area contributed by atoms with E-state index in [2.05, 4.69) is 4.74 Å². The summed E-state index contributed by atoms with van der Waals surface area (Å²) in [5.74, 6) is -2.90. The van der Waals surface area contributed by atoms with Gasteiger partial charge in [0, 0.05) is 5.57 Å². The molecule has 160 valence electrons. The fourth-order valence-electron chi connectivity index (χ4n) is 2.58. The van der Waals surface area contributed by atoms with Crippen molar-refractivity contribution in [1.82, 2.24) is 0 Å². The van der Waals surface area contributed by atoms with Crippen LogP contribution in [0.1, 0.15) is 45.4 Å². The van der Waals surface area contributed by atoms with Gasteiger partial charge in [-0.1, -0.05) is 37.5 Å². The molecule has 1 saturated carbocycles. The first-order valence-corrected chi connectivity index (χ1v) is 8.36. The number of allylic oxidation sites excluding steroid dienone is 2. The smallest absolute Gasteiger partial charge is 0.331 e. The molecule has 0 amide bonds. The molecule has 1 atom stereocenters. The Kier molecular flexibility index (Phi) is 12.8. The Hall–Kier alpha value is -2.39. The Bertz CT molecular complexity index is 611. The average molecular weight is 422 g/mol. The van der Waals surface area contributed by atoms with E-state index in [-0.39, 0.29) is 24.4 Å². The lowest BCUT2D eigenvalue weighted by atomic mass is 9.80. The van der Waals surface area contributed by atoms with Crippen molar-refractivity contribution >= 4 is 36.8 Å². The highest BCUT2D eigenvalue weighted by Crippen LogP contribution is 2.31. The van der Waals surface area contributed by atoms with Gasteiger partial charge in [-0.25, -0.2) is 4.79 Å². The van der Waals surface area contributed by atoms with Crippen LogP contribution >= 0.6 is 12.4 Å². The molecule has 0 radical (unpaired) electrons. The largest absolute Gasteiger partial charge is 0.481 e. The zero-order valence-corrected chi connectivity index (χ0v) is 16.7. The van der Waals surface area contributed by atoms with Gasteiger partial charge in [0.1, 0.15) is 5.54 Å². The van der Waals surface area contributed by atoms with Crippen molar-refractivity contribution in [3.05, 3.63) is 23.8 Å². The summed E-state index contributed by atoms with van der Waals surface area (Å²) in [5.41, 5.74) is 3.75. The van der Waals surface area contributed by atoms with Gasteiger partial charge >= 0.3 is 17.9 Å². The van der Waals surface area contributed by atoms with E-state index in [0.29, 0.717) is 19.3 Å². The number of hydrogen-bond acceptors (Lipinski definition) is 6. The number of carbonyl (C=O) groups excluding carboxylic acids is 1. The molecule has 2 aliphatic rings. The predicted molar refractivity (Wildman–Crippen MR) is 103 cm³/mol. The van der Waals surface area contributed by atoms with Gasteiger partial charge in [0.15, 0.2) is 0 Å². The Labute approximate surface area is 169 Å². The Morgan fingerprint density at radius 2 is 1.61 bits per heavy atom. The number of ether oxygens (including phenoxy) is 1. The monoisotopic (exact) mass is 421 g/mol. The van der Waals surface area contributed by atoms with E-state index < -0.39 is 28.9 Å². The summed E-state index contributed by atoms with van der Waals surface area (Å²) >= 11 is 0. The van der Waals surface area contributed by atoms with Gasteiger partial charge in [0.25, 0.3) is 6.47 Å². The Balaban J connectivity index is 0. The third-order valence-corrected chi connectivity index (χ3v) is 4.35. The number of rotatable bonds is 4. The highest BCUT2D eigenvalue weighted by atomic mass is 35.5. The van der Waals surface area contributed by atoms with Gasteiger partial charge in [0.2, 0.25) is 0 Å². The van der Waals surface area contributed by atoms with E-state index in [1.807, 2.05) is 0 Å². The summed E-state index contributed by atoms with van der Waals surface area (Å²) in [7, 11) is 1.31. The quantitative estimate of drug-likeness (QED) is 0.496. The van der Waals surface area contributed by atoms with E-state index >= 15 is 0 Å². The molecule has 0 spiro atoms. The van der Waals surface area contributed by atoms with E-state index in [0.717, 1.165) is 19.3 Å². The molecule has 0 aromatic heterocycles. The van der Waals surface area contributed by atoms with Crippen molar-refractivity contribution < 1.29 is 39.2 Å². The predicted octanol–water partition coefficient (Wildman–Crippen LogP) is 1.99. The van der Waals surface area contributed by atoms with Gasteiger partial charge in [-0.05, 0) is 26.2 Å². The third kappa shape index (κ3) is 9.01. The molecule has 0 bridgehead atoms. The van der Waals surface area contributed by atoms with Crippen LogP contribution in [0.2, 0.25) is 0 Å². The van der Waals surface area contributed by atoms with E-state index in [9.17, 15) is 14.4 Å². The minimum absolute atomic E-state index is 0. The zero-order valence-electron chi connectivity index (χ0n) is 15.9. The molecular formula is C18H28ClNO8. The van der Waals surface area contributed by atoms with Crippen LogP contribution in [-0.4, -0.2) is 52.3 Å². The second-order valence-corrected chi connectivity index (χ2v) is 6.61. The summed E-state index contributed by atoms with van der Waals surface area (Å²) in [5, 5.41) is 26.2. The molecule has 1 fully saturated rings. The normalized spacial score (nSPS) is 21.8. The van der Waals surface area contributed by atoms with Crippen LogP contribution < -0.4 is 5.73 Å². The second kappa shape index (κ2) is 12.9. The molecule has 0 aromatic carbocycles. The molecule has 1 unspecified atom stereocenters. The number of carboxylic acids is 3. The highest BCUT2D eigenvalue weighted by molar-refractivity contribution is 5.90. The molecule has 2 aliphatic carbocycles. The minimum atomic E-state index is -1.08. The van der Waals surface area contributed by atoms with Crippen LogP contribution in [0.5, 0.6) is 0 Å². The molecule has 0 saturated heterocycles. The average Bonchev–Trinajstić information content (AvgIpc) is 2.63. The van der Waals surface area contributed by atoms with Crippen molar-refractivity contribution in [2.24, 2.45) is 11.1 Å². The van der Waals surface area contributed by atoms with Gasteiger partial charge in [-0.3, -0.25) is 14.4 Å². The van der Waals surface area contributed by atoms with Crippen molar-refractivity contribution in [3.8, 4) is 0 Å². The van der Waals surface area contributed by atoms with Gasteiger partial charge in [0.05, 0.1) is 12.5 Å². The van der Waals surface area contributed by atoms with E-state index in [1.165, 1.54) is 32.3 Å². The Morgan fingerprint density at radius 3 is 1.93 bits per heavy atom. The summed E-state index contributed by atoms with van der Waals surface area (Å²) < 4.78 is 3.86. The zero-order chi connectivity index (χ0) is 21.1. The van der Waals surface area contributed by atoms with Crippen LogP contribution in [-0.2, 0) is 23.9 Å². The number of carbonyl (C=O) groups is 4. The molecular weight excluding hydrogens is 394 g/mol. The number of nitrogens with two attached hydrogens (primary N) is 1. The minimum Gasteiger partial charge on any atom is -0.481 e. The first-order chi connectivity index (χ1) is 12.5. The Morgan fingerprint density at radius 1 is 1.11 bits per heavy atom. The standard InChI is InChI=1S/C9H10O4.C7H13NO2.C2H4O2.ClH/c1-9(8(12)13)4-2-3-6(5-9)7(10)11;8-7(6(9)10)4-2-1-3-5-7;1-4-2-3;/h2-4H,5H2,1H3,(H,10,11)(H,12,13);1-5,8H2,(H,9,10);2H,1H3;1H. The number of hydrogen-bond donors (Lipinski definition) is 4. The van der Waals surface area contributed by atoms with Crippen LogP contribution in [0.3, 0.4) is 0 Å². The molecule has 10 heteroatoms. The number of aliphatic carboxylic acids is 3. The van der Waals surface area contributed by atoms with Crippen LogP contribution in [0.25, 0.3) is 0 Å². The summed E-state index contributed by atoms with van der Waals surface area (Å²) in [4.78, 5) is 40.8. The third-order valence-electron chi connectivity index (χ3n) is 4.35. The maximum atomic E-state index is 10.8. The SMILES string of the molecule is CC1(C(=O)O)C=CC=C(C(=O)O)C1.COC=O.Cl.NC1(C(=O)O)CCCCC1. The lowest BCUT2D eigenvalue weighted by Crippen LogP contribution is -2.49. The molecule has 0 heterocycles. The van der Waals surface area contributed by atoms with Crippen LogP contribution in [0.4, 0.5) is 0 Å². The fraction of sp³-hybridized carbons (Fsp3) is 0.556.